The van der Waals surface area contributed by atoms with Gasteiger partial charge in [-0.15, -0.1) is 11.6 Å². The van der Waals surface area contributed by atoms with Gasteiger partial charge in [0.25, 0.3) is 0 Å². The van der Waals surface area contributed by atoms with E-state index in [0.29, 0.717) is 5.02 Å². The molecule has 0 heterocycles. The predicted octanol–water partition coefficient (Wildman–Crippen LogP) is 2.83. The topological polar surface area (TPSA) is 58.6 Å². The maximum absolute atomic E-state index is 11.1. The Morgan fingerprint density at radius 3 is 2.93 bits per heavy atom. The van der Waals surface area contributed by atoms with Crippen molar-refractivity contribution in [1.29, 1.82) is 0 Å². The number of nitrogens with one attached hydrogen (secondary N) is 1. The molecule has 1 rings (SSSR count). The third-order valence-electron chi connectivity index (χ3n) is 1.51. The second-order valence-corrected chi connectivity index (χ2v) is 3.43. The Morgan fingerprint density at radius 2 is 2.27 bits per heavy atom. The molecule has 0 spiro atoms. The minimum atomic E-state index is -0.687. The minimum absolute atomic E-state index is 0.0813. The van der Waals surface area contributed by atoms with Crippen LogP contribution in [0.1, 0.15) is 0 Å². The van der Waals surface area contributed by atoms with Crippen molar-refractivity contribution in [3.8, 4) is 5.75 Å². The normalized spacial score (nSPS) is 9.73. The molecule has 0 bridgehead atoms. The highest BCUT2D eigenvalue weighted by molar-refractivity contribution is 6.31. The summed E-state index contributed by atoms with van der Waals surface area (Å²) in [6.07, 6.45) is -0.687. The second-order valence-electron chi connectivity index (χ2n) is 2.61. The molecule has 0 saturated carbocycles. The van der Waals surface area contributed by atoms with Gasteiger partial charge >= 0.3 is 6.09 Å². The maximum atomic E-state index is 11.1. The molecule has 4 nitrogen and oxygen atoms in total. The van der Waals surface area contributed by atoms with Crippen LogP contribution in [0.4, 0.5) is 10.5 Å². The summed E-state index contributed by atoms with van der Waals surface area (Å²) in [5.41, 5.74) is 0.196. The number of anilines is 1. The number of benzene rings is 1. The summed E-state index contributed by atoms with van der Waals surface area (Å²) in [5, 5.41) is 12.1. The van der Waals surface area contributed by atoms with Crippen molar-refractivity contribution >= 4 is 35.0 Å². The summed E-state index contributed by atoms with van der Waals surface area (Å²) in [6.45, 7) is 0.106. The number of amides is 1. The van der Waals surface area contributed by atoms with Crippen molar-refractivity contribution < 1.29 is 14.6 Å². The number of rotatable bonds is 3. The Balaban J connectivity index is 2.63. The molecule has 6 heteroatoms. The fourth-order valence-electron chi connectivity index (χ4n) is 0.886. The summed E-state index contributed by atoms with van der Waals surface area (Å²) in [4.78, 5) is 11.1. The molecule has 0 aliphatic heterocycles. The number of phenols is 1. The molecular weight excluding hydrogens is 241 g/mol. The SMILES string of the molecule is O=C(Nc1cc(Cl)ccc1O)OCCCl. The first kappa shape index (κ1) is 11.9. The van der Waals surface area contributed by atoms with E-state index in [-0.39, 0.29) is 23.9 Å². The lowest BCUT2D eigenvalue weighted by Crippen LogP contribution is -2.14. The van der Waals surface area contributed by atoms with Gasteiger partial charge < -0.3 is 9.84 Å². The standard InChI is InChI=1S/C9H9Cl2NO3/c10-3-4-15-9(14)12-7-5-6(11)1-2-8(7)13/h1-2,5,13H,3-4H2,(H,12,14). The zero-order valence-corrected chi connectivity index (χ0v) is 9.18. The van der Waals surface area contributed by atoms with Crippen molar-refractivity contribution in [1.82, 2.24) is 0 Å². The first-order valence-corrected chi connectivity index (χ1v) is 5.03. The zero-order chi connectivity index (χ0) is 11.3. The molecule has 0 aromatic heterocycles. The van der Waals surface area contributed by atoms with Crippen molar-refractivity contribution in [3.63, 3.8) is 0 Å². The Bertz CT molecular complexity index is 357. The Labute approximate surface area is 96.8 Å². The number of hydrogen-bond donors (Lipinski definition) is 2. The lowest BCUT2D eigenvalue weighted by Gasteiger charge is -2.07. The van der Waals surface area contributed by atoms with Crippen LogP contribution in [0.3, 0.4) is 0 Å². The van der Waals surface area contributed by atoms with E-state index in [1.165, 1.54) is 18.2 Å². The number of halogens is 2. The Morgan fingerprint density at radius 1 is 1.53 bits per heavy atom. The van der Waals surface area contributed by atoms with Crippen molar-refractivity contribution in [2.24, 2.45) is 0 Å². The molecule has 1 amide bonds. The molecule has 0 radical (unpaired) electrons. The molecular formula is C9H9Cl2NO3. The highest BCUT2D eigenvalue weighted by Crippen LogP contribution is 2.26. The summed E-state index contributed by atoms with van der Waals surface area (Å²) >= 11 is 11.0. The highest BCUT2D eigenvalue weighted by atomic mass is 35.5. The largest absolute Gasteiger partial charge is 0.506 e. The number of aromatic hydroxyl groups is 1. The van der Waals surface area contributed by atoms with Crippen molar-refractivity contribution in [2.75, 3.05) is 17.8 Å². The third kappa shape index (κ3) is 3.85. The van der Waals surface area contributed by atoms with E-state index in [1.807, 2.05) is 0 Å². The summed E-state index contributed by atoms with van der Waals surface area (Å²) in [5.74, 6) is 0.136. The van der Waals surface area contributed by atoms with Gasteiger partial charge in [-0.3, -0.25) is 5.32 Å². The first-order chi connectivity index (χ1) is 7.13. The molecule has 0 aliphatic rings. The van der Waals surface area contributed by atoms with Gasteiger partial charge in [0.05, 0.1) is 11.6 Å². The second kappa shape index (κ2) is 5.68. The van der Waals surface area contributed by atoms with Crippen LogP contribution in [0.15, 0.2) is 18.2 Å². The van der Waals surface area contributed by atoms with Gasteiger partial charge in [0.15, 0.2) is 0 Å². The molecule has 82 valence electrons. The van der Waals surface area contributed by atoms with Crippen molar-refractivity contribution in [2.45, 2.75) is 0 Å². The molecule has 0 unspecified atom stereocenters. The number of carbonyl (C=O) groups is 1. The van der Waals surface area contributed by atoms with Gasteiger partial charge in [0.1, 0.15) is 12.4 Å². The van der Waals surface area contributed by atoms with Crippen LogP contribution >= 0.6 is 23.2 Å². The Kier molecular flexibility index (Phi) is 4.52. The van der Waals surface area contributed by atoms with Gasteiger partial charge in [-0.1, -0.05) is 11.6 Å². The lowest BCUT2D eigenvalue weighted by molar-refractivity contribution is 0.168. The lowest BCUT2D eigenvalue weighted by atomic mass is 10.3. The van der Waals surface area contributed by atoms with Gasteiger partial charge in [0.2, 0.25) is 0 Å². The number of alkyl halides is 1. The van der Waals surface area contributed by atoms with E-state index in [9.17, 15) is 9.90 Å². The monoisotopic (exact) mass is 249 g/mol. The predicted molar refractivity (Wildman–Crippen MR) is 58.8 cm³/mol. The smallest absolute Gasteiger partial charge is 0.411 e. The third-order valence-corrected chi connectivity index (χ3v) is 1.90. The zero-order valence-electron chi connectivity index (χ0n) is 7.67. The van der Waals surface area contributed by atoms with E-state index in [1.54, 1.807) is 0 Å². The summed E-state index contributed by atoms with van der Waals surface area (Å²) in [7, 11) is 0. The van der Waals surface area contributed by atoms with Crippen LogP contribution in [0.5, 0.6) is 5.75 Å². The quantitative estimate of drug-likeness (QED) is 0.640. The minimum Gasteiger partial charge on any atom is -0.506 e. The van der Waals surface area contributed by atoms with E-state index in [4.69, 9.17) is 23.2 Å². The molecule has 1 aromatic rings. The van der Waals surface area contributed by atoms with Gasteiger partial charge in [-0.05, 0) is 18.2 Å². The van der Waals surface area contributed by atoms with E-state index in [0.717, 1.165) is 0 Å². The van der Waals surface area contributed by atoms with Crippen LogP contribution in [-0.2, 0) is 4.74 Å². The van der Waals surface area contributed by atoms with E-state index >= 15 is 0 Å². The fourth-order valence-corrected chi connectivity index (χ4v) is 1.13. The van der Waals surface area contributed by atoms with Gasteiger partial charge in [0, 0.05) is 5.02 Å². The first-order valence-electron chi connectivity index (χ1n) is 4.11. The molecule has 0 fully saturated rings. The van der Waals surface area contributed by atoms with Crippen molar-refractivity contribution in [3.05, 3.63) is 23.2 Å². The van der Waals surface area contributed by atoms with Crippen LogP contribution in [0.2, 0.25) is 5.02 Å². The summed E-state index contributed by atoms with van der Waals surface area (Å²) in [6, 6.07) is 4.30. The number of ether oxygens (including phenoxy) is 1. The number of carbonyl (C=O) groups excluding carboxylic acids is 1. The van der Waals surface area contributed by atoms with Crippen LogP contribution in [0, 0.1) is 0 Å². The summed E-state index contributed by atoms with van der Waals surface area (Å²) < 4.78 is 4.65. The molecule has 0 saturated heterocycles. The van der Waals surface area contributed by atoms with Crippen LogP contribution < -0.4 is 5.32 Å². The fraction of sp³-hybridized carbons (Fsp3) is 0.222. The highest BCUT2D eigenvalue weighted by Gasteiger charge is 2.07. The molecule has 0 aliphatic carbocycles. The molecule has 1 aromatic carbocycles. The number of hydrogen-bond acceptors (Lipinski definition) is 3. The van der Waals surface area contributed by atoms with Crippen LogP contribution in [-0.4, -0.2) is 23.7 Å². The van der Waals surface area contributed by atoms with Gasteiger partial charge in [-0.2, -0.15) is 0 Å². The molecule has 2 N–H and O–H groups in total. The molecule has 15 heavy (non-hydrogen) atoms. The Hall–Kier alpha value is -1.13. The van der Waals surface area contributed by atoms with Gasteiger partial charge in [-0.25, -0.2) is 4.79 Å². The average molecular weight is 250 g/mol. The van der Waals surface area contributed by atoms with E-state index in [2.05, 4.69) is 10.1 Å². The van der Waals surface area contributed by atoms with Crippen LogP contribution in [0.25, 0.3) is 0 Å². The molecule has 0 atom stereocenters. The average Bonchev–Trinajstić information content (AvgIpc) is 2.20. The number of phenolic OH excluding ortho intramolecular Hbond substituents is 1. The van der Waals surface area contributed by atoms with E-state index < -0.39 is 6.09 Å². The maximum Gasteiger partial charge on any atom is 0.411 e.